The molecule has 1 saturated heterocycles. The summed E-state index contributed by atoms with van der Waals surface area (Å²) in [4.78, 5) is 2.56. The van der Waals surface area contributed by atoms with E-state index in [1.165, 1.54) is 37.8 Å². The Morgan fingerprint density at radius 1 is 1.29 bits per heavy atom. The summed E-state index contributed by atoms with van der Waals surface area (Å²) in [5.41, 5.74) is 1.24. The maximum atomic E-state index is 6.39. The average Bonchev–Trinajstić information content (AvgIpc) is 3.29. The summed E-state index contributed by atoms with van der Waals surface area (Å²) in [5.74, 6) is 0.975. The number of nitrogens with one attached hydrogen (secondary N) is 1. The molecule has 1 unspecified atom stereocenters. The van der Waals surface area contributed by atoms with Gasteiger partial charge in [-0.25, -0.2) is 0 Å². The van der Waals surface area contributed by atoms with E-state index in [4.69, 9.17) is 11.6 Å². The van der Waals surface area contributed by atoms with Crippen molar-refractivity contribution in [1.29, 1.82) is 0 Å². The molecule has 1 atom stereocenters. The van der Waals surface area contributed by atoms with Crippen LogP contribution in [0.2, 0.25) is 5.02 Å². The molecule has 4 heteroatoms. The third kappa shape index (κ3) is 4.22. The van der Waals surface area contributed by atoms with Crippen molar-refractivity contribution in [3.05, 3.63) is 33.3 Å². The van der Waals surface area contributed by atoms with Crippen molar-refractivity contribution in [2.45, 2.75) is 44.7 Å². The van der Waals surface area contributed by atoms with Gasteiger partial charge in [-0.2, -0.15) is 0 Å². The molecule has 0 spiro atoms. The van der Waals surface area contributed by atoms with Gasteiger partial charge in [-0.1, -0.05) is 33.6 Å². The minimum atomic E-state index is 0.398. The largest absolute Gasteiger partial charge is 0.314 e. The molecular formula is C17H24BrClN2. The smallest absolute Gasteiger partial charge is 0.0464 e. The summed E-state index contributed by atoms with van der Waals surface area (Å²) >= 11 is 9.87. The van der Waals surface area contributed by atoms with Crippen LogP contribution in [0.1, 0.15) is 44.2 Å². The molecule has 21 heavy (non-hydrogen) atoms. The highest BCUT2D eigenvalue weighted by molar-refractivity contribution is 9.10. The van der Waals surface area contributed by atoms with Gasteiger partial charge in [0.2, 0.25) is 0 Å². The molecule has 1 aliphatic heterocycles. The van der Waals surface area contributed by atoms with Gasteiger partial charge >= 0.3 is 0 Å². The second-order valence-corrected chi connectivity index (χ2v) is 7.83. The van der Waals surface area contributed by atoms with E-state index in [0.717, 1.165) is 34.5 Å². The SMILES string of the molecule is CC(c1ccc(Br)cc1Cl)N1CCC(NCC2CC2)CC1. The maximum absolute atomic E-state index is 6.39. The van der Waals surface area contributed by atoms with Crippen molar-refractivity contribution < 1.29 is 0 Å². The van der Waals surface area contributed by atoms with Crippen molar-refractivity contribution in [3.63, 3.8) is 0 Å². The van der Waals surface area contributed by atoms with Gasteiger partial charge in [-0.15, -0.1) is 0 Å². The van der Waals surface area contributed by atoms with Crippen molar-refractivity contribution in [2.75, 3.05) is 19.6 Å². The molecule has 1 saturated carbocycles. The lowest BCUT2D eigenvalue weighted by molar-refractivity contribution is 0.152. The van der Waals surface area contributed by atoms with E-state index >= 15 is 0 Å². The van der Waals surface area contributed by atoms with E-state index in [1.54, 1.807) is 0 Å². The number of benzene rings is 1. The fourth-order valence-electron chi connectivity index (χ4n) is 3.18. The number of piperidine rings is 1. The molecule has 1 N–H and O–H groups in total. The molecule has 0 amide bonds. The highest BCUT2D eigenvalue weighted by Gasteiger charge is 2.26. The van der Waals surface area contributed by atoms with Crippen LogP contribution in [0.4, 0.5) is 0 Å². The lowest BCUT2D eigenvalue weighted by Crippen LogP contribution is -2.43. The highest BCUT2D eigenvalue weighted by Crippen LogP contribution is 2.32. The normalized spacial score (nSPS) is 22.4. The van der Waals surface area contributed by atoms with Crippen LogP contribution in [0.3, 0.4) is 0 Å². The van der Waals surface area contributed by atoms with Gasteiger partial charge in [0.1, 0.15) is 0 Å². The zero-order chi connectivity index (χ0) is 14.8. The van der Waals surface area contributed by atoms with Crippen molar-refractivity contribution >= 4 is 27.5 Å². The van der Waals surface area contributed by atoms with Gasteiger partial charge in [-0.05, 0) is 62.8 Å². The molecule has 2 fully saturated rings. The first-order valence-corrected chi connectivity index (χ1v) is 9.23. The fraction of sp³-hybridized carbons (Fsp3) is 0.647. The number of nitrogens with zero attached hydrogens (tertiary/aromatic N) is 1. The Hall–Kier alpha value is -0.0900. The molecule has 1 heterocycles. The molecule has 116 valence electrons. The summed E-state index contributed by atoms with van der Waals surface area (Å²) in [5, 5.41) is 4.61. The van der Waals surface area contributed by atoms with Crippen LogP contribution in [0.5, 0.6) is 0 Å². The zero-order valence-electron chi connectivity index (χ0n) is 12.6. The first-order valence-electron chi connectivity index (χ1n) is 8.06. The molecule has 1 aromatic rings. The third-order valence-corrected chi connectivity index (χ3v) is 5.70. The van der Waals surface area contributed by atoms with E-state index in [0.29, 0.717) is 6.04 Å². The molecule has 0 aromatic heterocycles. The van der Waals surface area contributed by atoms with Crippen LogP contribution in [-0.2, 0) is 0 Å². The Kier molecular flexibility index (Phi) is 5.26. The minimum Gasteiger partial charge on any atom is -0.314 e. The van der Waals surface area contributed by atoms with Crippen LogP contribution >= 0.6 is 27.5 Å². The van der Waals surface area contributed by atoms with Crippen LogP contribution in [0.25, 0.3) is 0 Å². The van der Waals surface area contributed by atoms with Crippen LogP contribution in [-0.4, -0.2) is 30.6 Å². The number of likely N-dealkylation sites (tertiary alicyclic amines) is 1. The quantitative estimate of drug-likeness (QED) is 0.812. The van der Waals surface area contributed by atoms with E-state index < -0.39 is 0 Å². The summed E-state index contributed by atoms with van der Waals surface area (Å²) < 4.78 is 1.05. The topological polar surface area (TPSA) is 15.3 Å². The van der Waals surface area contributed by atoms with E-state index in [-0.39, 0.29) is 0 Å². The van der Waals surface area contributed by atoms with E-state index in [2.05, 4.69) is 45.2 Å². The van der Waals surface area contributed by atoms with Crippen LogP contribution in [0, 0.1) is 5.92 Å². The van der Waals surface area contributed by atoms with E-state index in [1.807, 2.05) is 6.07 Å². The second-order valence-electron chi connectivity index (χ2n) is 6.50. The molecule has 0 radical (unpaired) electrons. The number of halogens is 2. The van der Waals surface area contributed by atoms with Crippen molar-refractivity contribution in [1.82, 2.24) is 10.2 Å². The van der Waals surface area contributed by atoms with Crippen LogP contribution < -0.4 is 5.32 Å². The van der Waals surface area contributed by atoms with Crippen molar-refractivity contribution in [3.8, 4) is 0 Å². The Morgan fingerprint density at radius 2 is 2.00 bits per heavy atom. The Labute approximate surface area is 141 Å². The first kappa shape index (κ1) is 15.8. The van der Waals surface area contributed by atoms with E-state index in [9.17, 15) is 0 Å². The first-order chi connectivity index (χ1) is 10.1. The summed E-state index contributed by atoms with van der Waals surface area (Å²) in [6, 6.07) is 7.34. The predicted molar refractivity (Wildman–Crippen MR) is 92.9 cm³/mol. The number of hydrogen-bond acceptors (Lipinski definition) is 2. The predicted octanol–water partition coefficient (Wildman–Crippen LogP) is 4.63. The van der Waals surface area contributed by atoms with Crippen molar-refractivity contribution in [2.24, 2.45) is 5.92 Å². The van der Waals surface area contributed by atoms with Gasteiger partial charge in [-0.3, -0.25) is 4.90 Å². The highest BCUT2D eigenvalue weighted by atomic mass is 79.9. The second kappa shape index (κ2) is 6.99. The van der Waals surface area contributed by atoms with Gasteiger partial charge in [0.05, 0.1) is 0 Å². The lowest BCUT2D eigenvalue weighted by atomic mass is 10.00. The fourth-order valence-corrected chi connectivity index (χ4v) is 4.01. The van der Waals surface area contributed by atoms with Crippen LogP contribution in [0.15, 0.2) is 22.7 Å². The molecule has 2 nitrogen and oxygen atoms in total. The monoisotopic (exact) mass is 370 g/mol. The summed E-state index contributed by atoms with van der Waals surface area (Å²) in [7, 11) is 0. The Bertz CT molecular complexity index is 482. The maximum Gasteiger partial charge on any atom is 0.0464 e. The molecule has 1 aliphatic carbocycles. The molecule has 1 aromatic carbocycles. The van der Waals surface area contributed by atoms with Gasteiger partial charge in [0.15, 0.2) is 0 Å². The van der Waals surface area contributed by atoms with Gasteiger partial charge in [0, 0.05) is 34.7 Å². The lowest BCUT2D eigenvalue weighted by Gasteiger charge is -2.37. The molecular weight excluding hydrogens is 348 g/mol. The molecule has 2 aliphatic rings. The third-order valence-electron chi connectivity index (χ3n) is 4.88. The van der Waals surface area contributed by atoms with Gasteiger partial charge < -0.3 is 5.32 Å². The summed E-state index contributed by atoms with van der Waals surface area (Å²) in [6.07, 6.45) is 5.38. The zero-order valence-corrected chi connectivity index (χ0v) is 15.0. The average molecular weight is 372 g/mol. The standard InChI is InChI=1S/C17H24BrClN2/c1-12(16-5-4-14(18)10-17(16)19)21-8-6-15(7-9-21)20-11-13-2-3-13/h4-5,10,12-13,15,20H,2-3,6-9,11H2,1H3. The minimum absolute atomic E-state index is 0.398. The molecule has 3 rings (SSSR count). The molecule has 0 bridgehead atoms. The number of rotatable bonds is 5. The Morgan fingerprint density at radius 3 is 2.62 bits per heavy atom. The van der Waals surface area contributed by atoms with Gasteiger partial charge in [0.25, 0.3) is 0 Å². The summed E-state index contributed by atoms with van der Waals surface area (Å²) in [6.45, 7) is 5.83. The number of hydrogen-bond donors (Lipinski definition) is 1. The Balaban J connectivity index is 1.52.